The van der Waals surface area contributed by atoms with Crippen LogP contribution in [0.25, 0.3) is 0 Å². The first-order chi connectivity index (χ1) is 14.3. The minimum absolute atomic E-state index is 0.0149. The molecular weight excluding hydrogens is 396 g/mol. The van der Waals surface area contributed by atoms with Crippen molar-refractivity contribution in [2.75, 3.05) is 17.1 Å². The molecule has 0 aliphatic rings. The molecule has 1 atom stereocenters. The minimum atomic E-state index is -3.35. The zero-order valence-corrected chi connectivity index (χ0v) is 18.2. The highest BCUT2D eigenvalue weighted by Gasteiger charge is 2.19. The molecule has 0 aliphatic heterocycles. The summed E-state index contributed by atoms with van der Waals surface area (Å²) in [5, 5.41) is 3.10. The lowest BCUT2D eigenvalue weighted by atomic mass is 9.97. The van der Waals surface area contributed by atoms with E-state index in [-0.39, 0.29) is 17.7 Å². The van der Waals surface area contributed by atoms with E-state index >= 15 is 0 Å². The maximum absolute atomic E-state index is 13.0. The van der Waals surface area contributed by atoms with Crippen LogP contribution in [0.1, 0.15) is 40.0 Å². The Labute approximate surface area is 178 Å². The van der Waals surface area contributed by atoms with Crippen LogP contribution in [0.4, 0.5) is 5.69 Å². The van der Waals surface area contributed by atoms with Crippen molar-refractivity contribution in [1.82, 2.24) is 5.32 Å². The molecule has 0 spiro atoms. The Bertz CT molecular complexity index is 1090. The van der Waals surface area contributed by atoms with Gasteiger partial charge in [0.1, 0.15) is 0 Å². The van der Waals surface area contributed by atoms with E-state index in [9.17, 15) is 13.2 Å². The van der Waals surface area contributed by atoms with Gasteiger partial charge in [-0.2, -0.15) is 0 Å². The fraction of sp³-hybridized carbons (Fsp3) is 0.208. The highest BCUT2D eigenvalue weighted by Crippen LogP contribution is 2.24. The summed E-state index contributed by atoms with van der Waals surface area (Å²) in [5.41, 5.74) is 4.12. The lowest BCUT2D eigenvalue weighted by Crippen LogP contribution is -2.30. The molecule has 0 fully saturated rings. The summed E-state index contributed by atoms with van der Waals surface area (Å²) in [5.74, 6) is -0.210. The molecule has 5 nitrogen and oxygen atoms in total. The van der Waals surface area contributed by atoms with E-state index in [1.54, 1.807) is 31.2 Å². The van der Waals surface area contributed by atoms with Gasteiger partial charge in [-0.25, -0.2) is 8.42 Å². The quantitative estimate of drug-likeness (QED) is 0.617. The monoisotopic (exact) mass is 422 g/mol. The Balaban J connectivity index is 1.85. The van der Waals surface area contributed by atoms with E-state index in [2.05, 4.69) is 5.32 Å². The van der Waals surface area contributed by atoms with Crippen molar-refractivity contribution in [3.63, 3.8) is 0 Å². The lowest BCUT2D eigenvalue weighted by molar-refractivity contribution is 0.0943. The molecule has 1 amide bonds. The molecule has 0 bridgehead atoms. The average molecular weight is 423 g/mol. The number of rotatable bonds is 7. The first kappa shape index (κ1) is 21.6. The van der Waals surface area contributed by atoms with Crippen LogP contribution in [-0.4, -0.2) is 27.1 Å². The topological polar surface area (TPSA) is 66.5 Å². The second-order valence-corrected chi connectivity index (χ2v) is 9.43. The predicted molar refractivity (Wildman–Crippen MR) is 121 cm³/mol. The number of hydrogen-bond acceptors (Lipinski definition) is 3. The molecule has 0 unspecified atom stereocenters. The molecule has 0 aromatic heterocycles. The van der Waals surface area contributed by atoms with Crippen LogP contribution in [0.15, 0.2) is 78.9 Å². The van der Waals surface area contributed by atoms with Crippen LogP contribution in [0.5, 0.6) is 0 Å². The number of carbonyl (C=O) groups excluding carboxylic acids is 1. The minimum Gasteiger partial charge on any atom is -0.341 e. The average Bonchev–Trinajstić information content (AvgIpc) is 2.78. The van der Waals surface area contributed by atoms with Gasteiger partial charge in [-0.1, -0.05) is 60.2 Å². The van der Waals surface area contributed by atoms with Gasteiger partial charge in [-0.05, 0) is 49.2 Å². The molecule has 156 valence electrons. The third-order valence-corrected chi connectivity index (χ3v) is 6.87. The van der Waals surface area contributed by atoms with Crippen LogP contribution in [0.2, 0.25) is 0 Å². The van der Waals surface area contributed by atoms with Crippen molar-refractivity contribution in [2.45, 2.75) is 19.9 Å². The Morgan fingerprint density at radius 2 is 1.47 bits per heavy atom. The summed E-state index contributed by atoms with van der Waals surface area (Å²) in [6, 6.07) is 24.2. The standard InChI is InChI=1S/C24H26N2O3S/c1-4-30(28,29)26(3)22-16-14-21(15-17-22)24(27)25-23(19-8-6-5-7-9-19)20-12-10-18(2)11-13-20/h5-17,23H,4H2,1-3H3,(H,25,27)/t23-/m0/s1. The largest absolute Gasteiger partial charge is 0.341 e. The number of carbonyl (C=O) groups is 1. The van der Waals surface area contributed by atoms with E-state index in [0.29, 0.717) is 11.3 Å². The van der Waals surface area contributed by atoms with E-state index in [1.807, 2.05) is 61.5 Å². The molecule has 3 aromatic carbocycles. The van der Waals surface area contributed by atoms with Gasteiger partial charge in [0.25, 0.3) is 5.91 Å². The van der Waals surface area contributed by atoms with Crippen molar-refractivity contribution >= 4 is 21.6 Å². The Hall–Kier alpha value is -3.12. The van der Waals surface area contributed by atoms with Crippen molar-refractivity contribution in [1.29, 1.82) is 0 Å². The van der Waals surface area contributed by atoms with Crippen molar-refractivity contribution < 1.29 is 13.2 Å². The maximum atomic E-state index is 13.0. The number of nitrogens with one attached hydrogen (secondary N) is 1. The summed E-state index contributed by atoms with van der Waals surface area (Å²) in [4.78, 5) is 13.0. The van der Waals surface area contributed by atoms with Crippen LogP contribution >= 0.6 is 0 Å². The van der Waals surface area contributed by atoms with E-state index in [4.69, 9.17) is 0 Å². The van der Waals surface area contributed by atoms with E-state index in [1.165, 1.54) is 11.4 Å². The fourth-order valence-corrected chi connectivity index (χ4v) is 3.99. The second-order valence-electron chi connectivity index (χ2n) is 7.14. The van der Waals surface area contributed by atoms with Gasteiger partial charge in [0, 0.05) is 12.6 Å². The molecule has 6 heteroatoms. The maximum Gasteiger partial charge on any atom is 0.252 e. The molecular formula is C24H26N2O3S. The molecule has 0 saturated heterocycles. The van der Waals surface area contributed by atoms with Crippen LogP contribution in [0.3, 0.4) is 0 Å². The molecule has 3 rings (SSSR count). The highest BCUT2D eigenvalue weighted by atomic mass is 32.2. The zero-order valence-electron chi connectivity index (χ0n) is 17.4. The van der Waals surface area contributed by atoms with Crippen LogP contribution in [-0.2, 0) is 10.0 Å². The molecule has 1 N–H and O–H groups in total. The molecule has 0 saturated carbocycles. The van der Waals surface area contributed by atoms with Gasteiger partial charge in [0.2, 0.25) is 10.0 Å². The van der Waals surface area contributed by atoms with Gasteiger partial charge < -0.3 is 5.32 Å². The number of amides is 1. The van der Waals surface area contributed by atoms with Gasteiger partial charge in [-0.15, -0.1) is 0 Å². The number of nitrogens with zero attached hydrogens (tertiary/aromatic N) is 1. The van der Waals surface area contributed by atoms with Crippen molar-refractivity contribution in [3.05, 3.63) is 101 Å². The fourth-order valence-electron chi connectivity index (χ4n) is 3.15. The van der Waals surface area contributed by atoms with Crippen LogP contribution < -0.4 is 9.62 Å². The smallest absolute Gasteiger partial charge is 0.252 e. The van der Waals surface area contributed by atoms with Gasteiger partial charge in [0.05, 0.1) is 17.5 Å². The summed E-state index contributed by atoms with van der Waals surface area (Å²) in [7, 11) is -1.84. The summed E-state index contributed by atoms with van der Waals surface area (Å²) >= 11 is 0. The lowest BCUT2D eigenvalue weighted by Gasteiger charge is -2.21. The summed E-state index contributed by atoms with van der Waals surface area (Å²) < 4.78 is 25.3. The third kappa shape index (κ3) is 4.89. The van der Waals surface area contributed by atoms with Crippen LogP contribution in [0, 0.1) is 6.92 Å². The van der Waals surface area contributed by atoms with E-state index < -0.39 is 10.0 Å². The summed E-state index contributed by atoms with van der Waals surface area (Å²) in [6.07, 6.45) is 0. The molecule has 30 heavy (non-hydrogen) atoms. The van der Waals surface area contributed by atoms with Gasteiger partial charge in [0.15, 0.2) is 0 Å². The summed E-state index contributed by atoms with van der Waals surface area (Å²) in [6.45, 7) is 3.62. The Morgan fingerprint density at radius 3 is 2.03 bits per heavy atom. The van der Waals surface area contributed by atoms with E-state index in [0.717, 1.165) is 16.7 Å². The number of hydrogen-bond donors (Lipinski definition) is 1. The second kappa shape index (κ2) is 9.13. The van der Waals surface area contributed by atoms with Crippen molar-refractivity contribution in [2.24, 2.45) is 0 Å². The predicted octanol–water partition coefficient (Wildman–Crippen LogP) is 4.30. The molecule has 0 heterocycles. The zero-order chi connectivity index (χ0) is 21.7. The number of sulfonamides is 1. The first-order valence-electron chi connectivity index (χ1n) is 9.81. The SMILES string of the molecule is CCS(=O)(=O)N(C)c1ccc(C(=O)N[C@@H](c2ccccc2)c2ccc(C)cc2)cc1. The Kier molecular flexibility index (Phi) is 6.57. The number of aryl methyl sites for hydroxylation is 1. The molecule has 0 radical (unpaired) electrons. The number of anilines is 1. The normalized spacial score (nSPS) is 12.2. The molecule has 3 aromatic rings. The first-order valence-corrected chi connectivity index (χ1v) is 11.4. The van der Waals surface area contributed by atoms with Crippen molar-refractivity contribution in [3.8, 4) is 0 Å². The molecule has 0 aliphatic carbocycles. The highest BCUT2D eigenvalue weighted by molar-refractivity contribution is 7.92. The Morgan fingerprint density at radius 1 is 0.900 bits per heavy atom. The van der Waals surface area contributed by atoms with Gasteiger partial charge in [-0.3, -0.25) is 9.10 Å². The van der Waals surface area contributed by atoms with Gasteiger partial charge >= 0.3 is 0 Å². The third-order valence-electron chi connectivity index (χ3n) is 5.09. The number of benzene rings is 3.